The molecule has 0 atom stereocenters. The van der Waals surface area contributed by atoms with Crippen LogP contribution in [0.4, 0.5) is 0 Å². The third-order valence-electron chi connectivity index (χ3n) is 5.83. The van der Waals surface area contributed by atoms with Gasteiger partial charge in [0.2, 0.25) is 5.88 Å². The van der Waals surface area contributed by atoms with Crippen molar-refractivity contribution in [3.8, 4) is 23.6 Å². The predicted molar refractivity (Wildman–Crippen MR) is 126 cm³/mol. The molecule has 1 N–H and O–H groups in total. The van der Waals surface area contributed by atoms with Crippen LogP contribution >= 0.6 is 0 Å². The fraction of sp³-hybridized carbons (Fsp3) is 0.320. The molecule has 2 aromatic carbocycles. The SMILES string of the molecule is N#COc1ccc2c(COc3ncnc4cc(OCCCN5CCOCC5)ccc34)c[nH]c2c1. The molecule has 3 heterocycles. The van der Waals surface area contributed by atoms with Crippen LogP contribution in [0, 0.1) is 11.5 Å². The number of aromatic nitrogens is 3. The zero-order chi connectivity index (χ0) is 23.2. The fourth-order valence-corrected chi connectivity index (χ4v) is 4.07. The summed E-state index contributed by atoms with van der Waals surface area (Å²) in [6.07, 6.45) is 6.03. The van der Waals surface area contributed by atoms with E-state index in [9.17, 15) is 0 Å². The molecule has 1 aliphatic rings. The minimum atomic E-state index is 0.338. The van der Waals surface area contributed by atoms with Crippen molar-refractivity contribution in [1.82, 2.24) is 19.9 Å². The van der Waals surface area contributed by atoms with E-state index in [0.717, 1.165) is 72.4 Å². The molecule has 0 unspecified atom stereocenters. The topological polar surface area (TPSA) is 106 Å². The number of morpholine rings is 1. The van der Waals surface area contributed by atoms with Gasteiger partial charge < -0.3 is 23.9 Å². The monoisotopic (exact) mass is 459 g/mol. The summed E-state index contributed by atoms with van der Waals surface area (Å²) in [5.41, 5.74) is 2.62. The number of nitrogens with one attached hydrogen (secondary N) is 1. The van der Waals surface area contributed by atoms with Gasteiger partial charge in [-0.05, 0) is 30.7 Å². The number of rotatable bonds is 9. The van der Waals surface area contributed by atoms with Crippen molar-refractivity contribution in [3.05, 3.63) is 54.5 Å². The normalized spacial score (nSPS) is 14.2. The summed E-state index contributed by atoms with van der Waals surface area (Å²) in [5.74, 6) is 1.79. The number of hydrogen-bond acceptors (Lipinski definition) is 8. The lowest BCUT2D eigenvalue weighted by atomic mass is 10.2. The molecule has 5 rings (SSSR count). The number of aromatic amines is 1. The maximum Gasteiger partial charge on any atom is 0.292 e. The molecule has 0 bridgehead atoms. The molecule has 1 saturated heterocycles. The Kier molecular flexibility index (Phi) is 6.70. The largest absolute Gasteiger partial charge is 0.493 e. The van der Waals surface area contributed by atoms with Crippen molar-refractivity contribution < 1.29 is 18.9 Å². The summed E-state index contributed by atoms with van der Waals surface area (Å²) < 4.78 is 22.3. The van der Waals surface area contributed by atoms with E-state index in [1.54, 1.807) is 18.4 Å². The van der Waals surface area contributed by atoms with Crippen LogP contribution in [-0.4, -0.2) is 59.3 Å². The summed E-state index contributed by atoms with van der Waals surface area (Å²) in [6, 6.07) is 11.2. The molecule has 0 spiro atoms. The van der Waals surface area contributed by atoms with Gasteiger partial charge >= 0.3 is 0 Å². The summed E-state index contributed by atoms with van der Waals surface area (Å²) in [4.78, 5) is 14.3. The number of fused-ring (bicyclic) bond motifs is 2. The van der Waals surface area contributed by atoms with Crippen molar-refractivity contribution in [3.63, 3.8) is 0 Å². The molecule has 174 valence electrons. The highest BCUT2D eigenvalue weighted by Gasteiger charge is 2.11. The second-order valence-corrected chi connectivity index (χ2v) is 8.02. The molecule has 2 aromatic heterocycles. The van der Waals surface area contributed by atoms with Crippen LogP contribution in [0.25, 0.3) is 21.8 Å². The zero-order valence-electron chi connectivity index (χ0n) is 18.7. The first-order valence-corrected chi connectivity index (χ1v) is 11.3. The van der Waals surface area contributed by atoms with E-state index in [2.05, 4.69) is 19.9 Å². The third-order valence-corrected chi connectivity index (χ3v) is 5.83. The number of ether oxygens (including phenoxy) is 4. The molecule has 1 fully saturated rings. The average molecular weight is 460 g/mol. The van der Waals surface area contributed by atoms with Gasteiger partial charge in [-0.1, -0.05) is 0 Å². The molecule has 34 heavy (non-hydrogen) atoms. The van der Waals surface area contributed by atoms with Gasteiger partial charge in [0.25, 0.3) is 6.26 Å². The van der Waals surface area contributed by atoms with Gasteiger partial charge in [-0.15, -0.1) is 5.26 Å². The van der Waals surface area contributed by atoms with Crippen molar-refractivity contribution in [2.24, 2.45) is 0 Å². The Morgan fingerprint density at radius 2 is 1.88 bits per heavy atom. The van der Waals surface area contributed by atoms with E-state index in [1.165, 1.54) is 6.33 Å². The minimum Gasteiger partial charge on any atom is -0.493 e. The Balaban J connectivity index is 1.21. The van der Waals surface area contributed by atoms with Gasteiger partial charge in [0.15, 0.2) is 0 Å². The second-order valence-electron chi connectivity index (χ2n) is 8.02. The van der Waals surface area contributed by atoms with Gasteiger partial charge in [-0.2, -0.15) is 0 Å². The number of hydrogen-bond donors (Lipinski definition) is 1. The smallest absolute Gasteiger partial charge is 0.292 e. The molecule has 0 amide bonds. The van der Waals surface area contributed by atoms with E-state index in [4.69, 9.17) is 24.2 Å². The number of benzene rings is 2. The average Bonchev–Trinajstić information content (AvgIpc) is 3.28. The summed E-state index contributed by atoms with van der Waals surface area (Å²) in [6.45, 7) is 5.61. The first-order chi connectivity index (χ1) is 16.8. The molecule has 1 aliphatic heterocycles. The van der Waals surface area contributed by atoms with Crippen LogP contribution in [-0.2, 0) is 11.3 Å². The standard InChI is InChI=1S/C25H25N5O4/c26-16-34-20-2-4-21-18(14-27-23(21)13-20)15-33-25-22-5-3-19(12-24(22)28-17-29-25)32-9-1-6-30-7-10-31-11-8-30/h2-5,12-14,17,27H,1,6-11,15H2. The number of H-pyrrole nitrogens is 1. The molecule has 9 nitrogen and oxygen atoms in total. The Hall–Kier alpha value is -3.87. The maximum atomic E-state index is 8.69. The first-order valence-electron chi connectivity index (χ1n) is 11.3. The van der Waals surface area contributed by atoms with Crippen LogP contribution in [0.1, 0.15) is 12.0 Å². The lowest BCUT2D eigenvalue weighted by Gasteiger charge is -2.26. The van der Waals surface area contributed by atoms with E-state index >= 15 is 0 Å². The van der Waals surface area contributed by atoms with Crippen LogP contribution < -0.4 is 14.2 Å². The van der Waals surface area contributed by atoms with Crippen molar-refractivity contribution in [2.75, 3.05) is 39.5 Å². The lowest BCUT2D eigenvalue weighted by molar-refractivity contribution is 0.0358. The van der Waals surface area contributed by atoms with Crippen LogP contribution in [0.2, 0.25) is 0 Å². The van der Waals surface area contributed by atoms with E-state index in [0.29, 0.717) is 24.8 Å². The van der Waals surface area contributed by atoms with Crippen LogP contribution in [0.15, 0.2) is 48.9 Å². The van der Waals surface area contributed by atoms with Gasteiger partial charge in [0.05, 0.1) is 30.7 Å². The third kappa shape index (κ3) is 5.03. The van der Waals surface area contributed by atoms with Crippen molar-refractivity contribution in [1.29, 1.82) is 5.26 Å². The molecule has 4 aromatic rings. The van der Waals surface area contributed by atoms with E-state index in [-0.39, 0.29) is 0 Å². The second kappa shape index (κ2) is 10.4. The number of nitriles is 1. The van der Waals surface area contributed by atoms with Crippen molar-refractivity contribution >= 4 is 21.8 Å². The van der Waals surface area contributed by atoms with Gasteiger partial charge in [0.1, 0.15) is 24.4 Å². The fourth-order valence-electron chi connectivity index (χ4n) is 4.07. The highest BCUT2D eigenvalue weighted by molar-refractivity contribution is 5.85. The van der Waals surface area contributed by atoms with Gasteiger partial charge in [0, 0.05) is 54.4 Å². The molecule has 9 heteroatoms. The Bertz CT molecular complexity index is 1310. The highest BCUT2D eigenvalue weighted by Crippen LogP contribution is 2.28. The lowest BCUT2D eigenvalue weighted by Crippen LogP contribution is -2.37. The minimum absolute atomic E-state index is 0.338. The van der Waals surface area contributed by atoms with Crippen LogP contribution in [0.5, 0.6) is 17.4 Å². The highest BCUT2D eigenvalue weighted by atomic mass is 16.5. The summed E-state index contributed by atoms with van der Waals surface area (Å²) in [7, 11) is 0. The zero-order valence-corrected chi connectivity index (χ0v) is 18.7. The van der Waals surface area contributed by atoms with E-state index < -0.39 is 0 Å². The van der Waals surface area contributed by atoms with Gasteiger partial charge in [-0.3, -0.25) is 4.90 Å². The molecular formula is C25H25N5O4. The molecule has 0 aliphatic carbocycles. The number of nitrogens with zero attached hydrogens (tertiary/aromatic N) is 4. The Morgan fingerprint density at radius 1 is 1.03 bits per heavy atom. The Labute approximate surface area is 196 Å². The summed E-state index contributed by atoms with van der Waals surface area (Å²) in [5, 5.41) is 10.5. The van der Waals surface area contributed by atoms with Gasteiger partial charge in [-0.25, -0.2) is 9.97 Å². The quantitative estimate of drug-likeness (QED) is 0.299. The molecular weight excluding hydrogens is 434 g/mol. The summed E-state index contributed by atoms with van der Waals surface area (Å²) >= 11 is 0. The van der Waals surface area contributed by atoms with Crippen molar-refractivity contribution in [2.45, 2.75) is 13.0 Å². The first kappa shape index (κ1) is 21.9. The maximum absolute atomic E-state index is 8.69. The Morgan fingerprint density at radius 3 is 2.76 bits per heavy atom. The van der Waals surface area contributed by atoms with E-state index in [1.807, 2.05) is 30.5 Å². The molecule has 0 saturated carbocycles. The predicted octanol–water partition coefficient (Wildman–Crippen LogP) is 3.65. The molecule has 0 radical (unpaired) electrons. The van der Waals surface area contributed by atoms with Crippen LogP contribution in [0.3, 0.4) is 0 Å².